The highest BCUT2D eigenvalue weighted by molar-refractivity contribution is 5.78. The van der Waals surface area contributed by atoms with Gasteiger partial charge in [-0.3, -0.25) is 9.88 Å². The third kappa shape index (κ3) is 6.41. The van der Waals surface area contributed by atoms with Gasteiger partial charge >= 0.3 is 24.6 Å². The molecule has 0 unspecified atom stereocenters. The molecule has 0 aliphatic carbocycles. The fraction of sp³-hybridized carbons (Fsp3) is 0.379. The molecule has 5 nitrogen and oxygen atoms in total. The summed E-state index contributed by atoms with van der Waals surface area (Å²) in [4.78, 5) is 17.3. The van der Waals surface area contributed by atoms with E-state index in [-0.39, 0.29) is 28.5 Å². The van der Waals surface area contributed by atoms with Crippen molar-refractivity contribution in [3.63, 3.8) is 0 Å². The fourth-order valence-corrected chi connectivity index (χ4v) is 5.01. The zero-order valence-electron chi connectivity index (χ0n) is 23.4. The zero-order valence-corrected chi connectivity index (χ0v) is 23.4. The summed E-state index contributed by atoms with van der Waals surface area (Å²) in [5, 5.41) is 0. The number of amides is 1. The van der Waals surface area contributed by atoms with Crippen LogP contribution in [0.1, 0.15) is 66.3 Å². The Morgan fingerprint density at radius 1 is 0.932 bits per heavy atom. The number of cyclic esters (lactones) is 1. The smallest absolute Gasteiger partial charge is 0.433 e. The molecule has 44 heavy (non-hydrogen) atoms. The van der Waals surface area contributed by atoms with Crippen molar-refractivity contribution in [2.24, 2.45) is 0 Å². The Hall–Kier alpha value is -4.04. The van der Waals surface area contributed by atoms with Gasteiger partial charge in [0.1, 0.15) is 17.7 Å². The van der Waals surface area contributed by atoms with E-state index >= 15 is 0 Å². The van der Waals surface area contributed by atoms with Crippen LogP contribution in [0.4, 0.5) is 48.7 Å². The van der Waals surface area contributed by atoms with Crippen molar-refractivity contribution in [1.29, 1.82) is 0 Å². The molecule has 4 rings (SSSR count). The molecule has 1 aliphatic rings. The molecule has 15 heteroatoms. The minimum Gasteiger partial charge on any atom is -0.496 e. The van der Waals surface area contributed by atoms with E-state index in [0.717, 1.165) is 30.3 Å². The molecule has 0 N–H and O–H groups in total. The maximum atomic E-state index is 14.7. The molecule has 0 saturated carbocycles. The third-order valence-corrected chi connectivity index (χ3v) is 7.19. The molecule has 238 valence electrons. The van der Waals surface area contributed by atoms with Gasteiger partial charge in [0.2, 0.25) is 0 Å². The Morgan fingerprint density at radius 2 is 1.52 bits per heavy atom. The molecule has 1 saturated heterocycles. The molecule has 2 atom stereocenters. The predicted octanol–water partition coefficient (Wildman–Crippen LogP) is 9.16. The first-order valence-corrected chi connectivity index (χ1v) is 12.9. The summed E-state index contributed by atoms with van der Waals surface area (Å²) >= 11 is 0. The van der Waals surface area contributed by atoms with Crippen molar-refractivity contribution < 1.29 is 58.2 Å². The molecule has 1 amide bonds. The molecule has 1 fully saturated rings. The van der Waals surface area contributed by atoms with Gasteiger partial charge in [0.25, 0.3) is 0 Å². The highest BCUT2D eigenvalue weighted by Gasteiger charge is 2.44. The molecule has 2 heterocycles. The number of alkyl halides is 9. The van der Waals surface area contributed by atoms with E-state index in [2.05, 4.69) is 4.98 Å². The Labute approximate surface area is 244 Å². The minimum atomic E-state index is -5.16. The average Bonchev–Trinajstić information content (AvgIpc) is 3.19. The number of carbonyl (C=O) groups is 1. The summed E-state index contributed by atoms with van der Waals surface area (Å²) in [6.45, 7) is 3.87. The standard InChI is InChI=1S/C29H24F10N2O3/c1-13(2)19-10-20(22(43-4)11-21(19)30)23-15(5-6-40-25(23)29(37,38)39)12-41-14(3)24(44-26(41)42)16-7-17(27(31,32)33)9-18(8-16)28(34,35)36/h5-11,13-14,24H,12H2,1-4H3/t14-,24-/m0/s1. The van der Waals surface area contributed by atoms with Gasteiger partial charge in [-0.25, -0.2) is 9.18 Å². The monoisotopic (exact) mass is 638 g/mol. The number of rotatable bonds is 6. The second-order valence-corrected chi connectivity index (χ2v) is 10.4. The van der Waals surface area contributed by atoms with Crippen LogP contribution in [0, 0.1) is 5.82 Å². The topological polar surface area (TPSA) is 51.7 Å². The van der Waals surface area contributed by atoms with Gasteiger partial charge in [-0.15, -0.1) is 0 Å². The molecule has 0 bridgehead atoms. The van der Waals surface area contributed by atoms with Crippen LogP contribution in [0.5, 0.6) is 5.75 Å². The largest absolute Gasteiger partial charge is 0.496 e. The predicted molar refractivity (Wildman–Crippen MR) is 136 cm³/mol. The van der Waals surface area contributed by atoms with E-state index in [1.165, 1.54) is 13.0 Å². The summed E-state index contributed by atoms with van der Waals surface area (Å²) in [7, 11) is 1.12. The van der Waals surface area contributed by atoms with Crippen LogP contribution in [-0.4, -0.2) is 29.1 Å². The molecule has 2 aromatic carbocycles. The van der Waals surface area contributed by atoms with Gasteiger partial charge in [0.05, 0.1) is 30.8 Å². The van der Waals surface area contributed by atoms with E-state index in [9.17, 15) is 48.7 Å². The van der Waals surface area contributed by atoms with Crippen molar-refractivity contribution in [1.82, 2.24) is 9.88 Å². The van der Waals surface area contributed by atoms with Crippen LogP contribution in [0.2, 0.25) is 0 Å². The van der Waals surface area contributed by atoms with Crippen LogP contribution in [0.3, 0.4) is 0 Å². The number of methoxy groups -OCH3 is 1. The van der Waals surface area contributed by atoms with E-state index in [1.807, 2.05) is 0 Å². The number of halogens is 10. The number of carbonyl (C=O) groups excluding carboxylic acids is 1. The van der Waals surface area contributed by atoms with Crippen LogP contribution >= 0.6 is 0 Å². The third-order valence-electron chi connectivity index (χ3n) is 7.19. The van der Waals surface area contributed by atoms with Gasteiger partial charge in [0, 0.05) is 23.4 Å². The molecule has 1 aliphatic heterocycles. The van der Waals surface area contributed by atoms with E-state index in [0.29, 0.717) is 12.1 Å². The summed E-state index contributed by atoms with van der Waals surface area (Å²) in [5.74, 6) is -1.47. The Kier molecular flexibility index (Phi) is 8.57. The molecule has 0 spiro atoms. The van der Waals surface area contributed by atoms with Crippen LogP contribution in [-0.2, 0) is 29.8 Å². The first-order valence-electron chi connectivity index (χ1n) is 12.9. The lowest BCUT2D eigenvalue weighted by atomic mass is 9.91. The Morgan fingerprint density at radius 3 is 2.02 bits per heavy atom. The minimum absolute atomic E-state index is 0.0581. The van der Waals surface area contributed by atoms with Crippen LogP contribution in [0.25, 0.3) is 11.1 Å². The zero-order chi connectivity index (χ0) is 32.9. The fourth-order valence-electron chi connectivity index (χ4n) is 5.01. The second-order valence-electron chi connectivity index (χ2n) is 10.4. The number of aromatic nitrogens is 1. The molecular formula is C29H24F10N2O3. The second kappa shape index (κ2) is 11.5. The van der Waals surface area contributed by atoms with Crippen molar-refractivity contribution in [3.05, 3.63) is 81.9 Å². The van der Waals surface area contributed by atoms with Crippen LogP contribution in [0.15, 0.2) is 42.6 Å². The van der Waals surface area contributed by atoms with Gasteiger partial charge in [0.15, 0.2) is 5.69 Å². The number of pyridine rings is 1. The SMILES string of the molecule is COc1cc(F)c(C(C)C)cc1-c1c(CN2C(=O)O[C@H](c3cc(C(F)(F)F)cc(C(F)(F)F)c3)[C@@H]2C)ccnc1C(F)(F)F. The van der Waals surface area contributed by atoms with Gasteiger partial charge in [-0.05, 0) is 59.9 Å². The van der Waals surface area contributed by atoms with Crippen molar-refractivity contribution in [2.75, 3.05) is 7.11 Å². The first kappa shape index (κ1) is 32.9. The van der Waals surface area contributed by atoms with E-state index in [4.69, 9.17) is 9.47 Å². The maximum absolute atomic E-state index is 14.7. The lowest BCUT2D eigenvalue weighted by Gasteiger charge is -2.25. The quantitative estimate of drug-likeness (QED) is 0.253. The number of hydrogen-bond donors (Lipinski definition) is 0. The Balaban J connectivity index is 1.83. The van der Waals surface area contributed by atoms with Gasteiger partial charge in [-0.2, -0.15) is 39.5 Å². The van der Waals surface area contributed by atoms with Crippen molar-refractivity contribution in [3.8, 4) is 16.9 Å². The van der Waals surface area contributed by atoms with Crippen LogP contribution < -0.4 is 4.74 Å². The number of nitrogens with zero attached hydrogens (tertiary/aromatic N) is 2. The normalized spacial score (nSPS) is 17.8. The van der Waals surface area contributed by atoms with Crippen molar-refractivity contribution in [2.45, 2.75) is 63.9 Å². The van der Waals surface area contributed by atoms with Crippen molar-refractivity contribution >= 4 is 6.09 Å². The first-order chi connectivity index (χ1) is 20.2. The average molecular weight is 639 g/mol. The summed E-state index contributed by atoms with van der Waals surface area (Å²) in [5.41, 5.74) is -6.11. The molecule has 1 aromatic heterocycles. The lowest BCUT2D eigenvalue weighted by molar-refractivity contribution is -0.143. The highest BCUT2D eigenvalue weighted by atomic mass is 19.4. The molecule has 0 radical (unpaired) electrons. The number of ether oxygens (including phenoxy) is 2. The number of hydrogen-bond acceptors (Lipinski definition) is 4. The van der Waals surface area contributed by atoms with E-state index in [1.54, 1.807) is 13.8 Å². The maximum Gasteiger partial charge on any atom is 0.433 e. The summed E-state index contributed by atoms with van der Waals surface area (Å²) in [6, 6.07) is 2.77. The summed E-state index contributed by atoms with van der Waals surface area (Å²) in [6.07, 6.45) is -17.4. The number of benzene rings is 2. The van der Waals surface area contributed by atoms with Gasteiger partial charge in [-0.1, -0.05) is 13.8 Å². The van der Waals surface area contributed by atoms with E-state index < -0.39 is 83.0 Å². The lowest BCUT2D eigenvalue weighted by Crippen LogP contribution is -2.32. The Bertz CT molecular complexity index is 1530. The molecular weight excluding hydrogens is 614 g/mol. The molecule has 3 aromatic rings. The highest BCUT2D eigenvalue weighted by Crippen LogP contribution is 2.45. The summed E-state index contributed by atoms with van der Waals surface area (Å²) < 4.78 is 148. The van der Waals surface area contributed by atoms with Gasteiger partial charge < -0.3 is 9.47 Å².